The molecule has 0 aromatic heterocycles. The molecule has 0 saturated heterocycles. The molecule has 0 amide bonds. The number of phenols is 2. The van der Waals surface area contributed by atoms with E-state index in [1.807, 2.05) is 12.1 Å². The first-order valence-corrected chi connectivity index (χ1v) is 4.35. The number of para-hydroxylation sites is 2. The van der Waals surface area contributed by atoms with Gasteiger partial charge in [-0.15, -0.1) is 0 Å². The molecule has 2 aromatic rings. The molecule has 0 saturated carbocycles. The molecule has 2 rings (SSSR count). The molecule has 2 nitrogen and oxygen atoms in total. The van der Waals surface area contributed by atoms with Crippen LogP contribution in [0.25, 0.3) is 11.1 Å². The van der Waals surface area contributed by atoms with Crippen molar-refractivity contribution in [3.05, 3.63) is 48.5 Å². The molecule has 0 atom stereocenters. The zero-order chi connectivity index (χ0) is 9.97. The van der Waals surface area contributed by atoms with Crippen molar-refractivity contribution in [2.45, 2.75) is 0 Å². The zero-order valence-corrected chi connectivity index (χ0v) is 11.6. The fourth-order valence-electron chi connectivity index (χ4n) is 1.40. The van der Waals surface area contributed by atoms with Crippen molar-refractivity contribution in [1.29, 1.82) is 0 Å². The van der Waals surface area contributed by atoms with Crippen molar-refractivity contribution in [1.82, 2.24) is 0 Å². The first kappa shape index (κ1) is 15.5. The van der Waals surface area contributed by atoms with E-state index in [4.69, 9.17) is 0 Å². The van der Waals surface area contributed by atoms with E-state index in [0.717, 1.165) is 0 Å². The van der Waals surface area contributed by atoms with Crippen molar-refractivity contribution in [3.8, 4) is 22.6 Å². The van der Waals surface area contributed by atoms with Gasteiger partial charge in [0.1, 0.15) is 11.5 Å². The van der Waals surface area contributed by atoms with Crippen molar-refractivity contribution in [3.63, 3.8) is 0 Å². The Kier molecular flexibility index (Phi) is 6.69. The third-order valence-electron chi connectivity index (χ3n) is 2.10. The summed E-state index contributed by atoms with van der Waals surface area (Å²) in [5.74, 6) is 0.350. The smallest absolute Gasteiger partial charge is 0.123 e. The Morgan fingerprint density at radius 2 is 0.875 bits per heavy atom. The molecule has 0 radical (unpaired) electrons. The first-order valence-electron chi connectivity index (χ1n) is 4.35. The fraction of sp³-hybridized carbons (Fsp3) is 0. The number of benzene rings is 2. The van der Waals surface area contributed by atoms with Crippen molar-refractivity contribution >= 4 is 0 Å². The summed E-state index contributed by atoms with van der Waals surface area (Å²) < 4.78 is 0. The Morgan fingerprint density at radius 3 is 1.19 bits per heavy atom. The van der Waals surface area contributed by atoms with Crippen LogP contribution in [-0.2, 0) is 43.4 Å². The molecule has 16 heavy (non-hydrogen) atoms. The molecule has 0 aliphatic rings. The summed E-state index contributed by atoms with van der Waals surface area (Å²) in [6, 6.07) is 13.9. The van der Waals surface area contributed by atoms with Crippen LogP contribution in [0.3, 0.4) is 0 Å². The van der Waals surface area contributed by atoms with E-state index >= 15 is 0 Å². The van der Waals surface area contributed by atoms with E-state index in [2.05, 4.69) is 0 Å². The number of phenolic OH excluding ortho intramolecular Hbond substituents is 2. The van der Waals surface area contributed by atoms with Gasteiger partial charge < -0.3 is 10.2 Å². The van der Waals surface area contributed by atoms with Gasteiger partial charge in [0.05, 0.1) is 0 Å². The largest absolute Gasteiger partial charge is 0.507 e. The summed E-state index contributed by atoms with van der Waals surface area (Å²) in [4.78, 5) is 0. The van der Waals surface area contributed by atoms with Crippen LogP contribution in [0, 0.1) is 0 Å². The van der Waals surface area contributed by atoms with Crippen LogP contribution in [0.2, 0.25) is 0 Å². The molecule has 78 valence electrons. The minimum Gasteiger partial charge on any atom is -0.507 e. The van der Waals surface area contributed by atoms with E-state index < -0.39 is 0 Å². The van der Waals surface area contributed by atoms with Gasteiger partial charge >= 0.3 is 0 Å². The summed E-state index contributed by atoms with van der Waals surface area (Å²) in [6.45, 7) is 0. The Labute approximate surface area is 124 Å². The predicted molar refractivity (Wildman–Crippen MR) is 55.2 cm³/mol. The van der Waals surface area contributed by atoms with Crippen LogP contribution in [-0.4, -0.2) is 10.2 Å². The van der Waals surface area contributed by atoms with E-state index in [9.17, 15) is 10.2 Å². The van der Waals surface area contributed by atoms with Crippen LogP contribution in [0.5, 0.6) is 11.5 Å². The molecule has 0 aliphatic carbocycles. The molecule has 0 aliphatic heterocycles. The van der Waals surface area contributed by atoms with E-state index in [0.29, 0.717) is 11.1 Å². The maximum Gasteiger partial charge on any atom is 0.123 e. The average molecular weight is 282 g/mol. The van der Waals surface area contributed by atoms with Gasteiger partial charge in [0.2, 0.25) is 0 Å². The van der Waals surface area contributed by atoms with Crippen molar-refractivity contribution < 1.29 is 53.6 Å². The summed E-state index contributed by atoms with van der Waals surface area (Å²) >= 11 is 0. The van der Waals surface area contributed by atoms with Gasteiger partial charge in [-0.25, -0.2) is 0 Å². The number of hydrogen-bond donors (Lipinski definition) is 2. The van der Waals surface area contributed by atoms with Crippen molar-refractivity contribution in [2.24, 2.45) is 0 Å². The third kappa shape index (κ3) is 3.23. The molecule has 0 heterocycles. The molecular weight excluding hydrogens is 272 g/mol. The van der Waals surface area contributed by atoms with Gasteiger partial charge in [-0.3, -0.25) is 0 Å². The van der Waals surface area contributed by atoms with Gasteiger partial charge in [-0.05, 0) is 12.1 Å². The van der Waals surface area contributed by atoms with E-state index in [1.165, 1.54) is 0 Å². The van der Waals surface area contributed by atoms with Gasteiger partial charge in [0.15, 0.2) is 0 Å². The van der Waals surface area contributed by atoms with Gasteiger partial charge in [-0.2, -0.15) is 0 Å². The van der Waals surface area contributed by atoms with Crippen molar-refractivity contribution in [2.75, 3.05) is 0 Å². The molecule has 0 unspecified atom stereocenters. The number of aromatic hydroxyl groups is 2. The Hall–Kier alpha value is -0.531. The van der Waals surface area contributed by atoms with Crippen LogP contribution in [0.1, 0.15) is 0 Å². The Morgan fingerprint density at radius 1 is 0.562 bits per heavy atom. The van der Waals surface area contributed by atoms with Crippen LogP contribution < -0.4 is 0 Å². The fourth-order valence-corrected chi connectivity index (χ4v) is 1.40. The number of hydrogen-bond acceptors (Lipinski definition) is 2. The van der Waals surface area contributed by atoms with E-state index in [-0.39, 0.29) is 54.9 Å². The first-order chi connectivity index (χ1) is 6.79. The topological polar surface area (TPSA) is 40.5 Å². The maximum absolute atomic E-state index is 9.58. The maximum atomic E-state index is 9.58. The summed E-state index contributed by atoms with van der Waals surface area (Å²) in [5.41, 5.74) is 1.29. The predicted octanol–water partition coefficient (Wildman–Crippen LogP) is 2.76. The second-order valence-corrected chi connectivity index (χ2v) is 3.03. The Bertz CT molecular complexity index is 415. The summed E-state index contributed by atoms with van der Waals surface area (Å²) in [5, 5.41) is 19.2. The second-order valence-electron chi connectivity index (χ2n) is 3.03. The van der Waals surface area contributed by atoms with Gasteiger partial charge in [-0.1, -0.05) is 36.4 Å². The van der Waals surface area contributed by atoms with Gasteiger partial charge in [0.25, 0.3) is 0 Å². The minimum absolute atomic E-state index is 0. The molecule has 0 spiro atoms. The quantitative estimate of drug-likeness (QED) is 0.789. The molecule has 4 heteroatoms. The molecular formula is C12H10O2Ti2. The Balaban J connectivity index is 0.00000112. The zero-order valence-electron chi connectivity index (χ0n) is 8.51. The van der Waals surface area contributed by atoms with Crippen LogP contribution >= 0.6 is 0 Å². The van der Waals surface area contributed by atoms with Gasteiger partial charge in [0, 0.05) is 54.6 Å². The standard InChI is InChI=1S/C12H10O2.2Ti/c13-11-7-3-1-5-9(11)10-6-2-4-8-12(10)14;;/h1-8,13-14H;;. The normalized spacial score (nSPS) is 8.75. The number of rotatable bonds is 1. The third-order valence-corrected chi connectivity index (χ3v) is 2.10. The summed E-state index contributed by atoms with van der Waals surface area (Å²) in [7, 11) is 0. The molecule has 0 fully saturated rings. The molecule has 2 N–H and O–H groups in total. The van der Waals surface area contributed by atoms with Crippen LogP contribution in [0.4, 0.5) is 0 Å². The van der Waals surface area contributed by atoms with Crippen LogP contribution in [0.15, 0.2) is 48.5 Å². The van der Waals surface area contributed by atoms with E-state index in [1.54, 1.807) is 36.4 Å². The monoisotopic (exact) mass is 282 g/mol. The average Bonchev–Trinajstić information content (AvgIpc) is 2.20. The summed E-state index contributed by atoms with van der Waals surface area (Å²) in [6.07, 6.45) is 0. The SMILES string of the molecule is Oc1ccccc1-c1ccccc1O.[Ti].[Ti]. The minimum atomic E-state index is 0. The molecule has 2 aromatic carbocycles. The molecule has 0 bridgehead atoms. The second kappa shape index (κ2) is 6.92.